The maximum absolute atomic E-state index is 8.03. The van der Waals surface area contributed by atoms with Crippen molar-refractivity contribution in [3.05, 3.63) is 0 Å². The topological polar surface area (TPSA) is 97.3 Å². The highest BCUT2D eigenvalue weighted by atomic mass is 16.5. The summed E-state index contributed by atoms with van der Waals surface area (Å²) < 4.78 is 4.87. The standard InChI is InChI=1S/C6H8N2O.C2H6O2/c7-3-1-5-9-6-2-4-8;3-1-2-4/h1-2,5-6H2;3-4H,1-2H2. The minimum atomic E-state index is -0.125. The Morgan fingerprint density at radius 2 is 1.31 bits per heavy atom. The first-order chi connectivity index (χ1) is 6.33. The molecule has 2 N–H and O–H groups in total. The third kappa shape index (κ3) is 24.8. The third-order valence-electron chi connectivity index (χ3n) is 0.816. The minimum Gasteiger partial charge on any atom is -0.394 e. The van der Waals surface area contributed by atoms with Crippen LogP contribution in [0.4, 0.5) is 0 Å². The van der Waals surface area contributed by atoms with E-state index in [0.717, 1.165) is 0 Å². The van der Waals surface area contributed by atoms with Gasteiger partial charge in [-0.3, -0.25) is 0 Å². The SMILES string of the molecule is N#CCCOCCC#N.OCCO. The highest BCUT2D eigenvalue weighted by Gasteiger charge is 1.84. The maximum atomic E-state index is 8.03. The summed E-state index contributed by atoms with van der Waals surface area (Å²) in [5.74, 6) is 0. The quantitative estimate of drug-likeness (QED) is 0.579. The Kier molecular flexibility index (Phi) is 18.9. The van der Waals surface area contributed by atoms with Crippen LogP contribution in [0.15, 0.2) is 0 Å². The molecule has 0 heterocycles. The summed E-state index contributed by atoms with van der Waals surface area (Å²) in [6, 6.07) is 3.87. The van der Waals surface area contributed by atoms with Gasteiger partial charge in [-0.2, -0.15) is 10.5 Å². The van der Waals surface area contributed by atoms with Crippen LogP contribution in [0, 0.1) is 22.7 Å². The van der Waals surface area contributed by atoms with Crippen molar-refractivity contribution >= 4 is 0 Å². The molecule has 0 fully saturated rings. The predicted molar refractivity (Wildman–Crippen MR) is 45.5 cm³/mol. The van der Waals surface area contributed by atoms with Crippen molar-refractivity contribution in [3.63, 3.8) is 0 Å². The molecule has 13 heavy (non-hydrogen) atoms. The van der Waals surface area contributed by atoms with Gasteiger partial charge >= 0.3 is 0 Å². The van der Waals surface area contributed by atoms with Crippen molar-refractivity contribution in [1.29, 1.82) is 10.5 Å². The zero-order valence-corrected chi connectivity index (χ0v) is 7.44. The van der Waals surface area contributed by atoms with Crippen LogP contribution >= 0.6 is 0 Å². The fraction of sp³-hybridized carbons (Fsp3) is 0.750. The van der Waals surface area contributed by atoms with E-state index in [1.807, 2.05) is 12.1 Å². The zero-order chi connectivity index (χ0) is 10.4. The number of rotatable bonds is 5. The molecule has 0 unspecified atom stereocenters. The molecule has 0 rings (SSSR count). The summed E-state index contributed by atoms with van der Waals surface area (Å²) in [4.78, 5) is 0. The zero-order valence-electron chi connectivity index (χ0n) is 7.44. The Morgan fingerprint density at radius 1 is 0.923 bits per heavy atom. The van der Waals surface area contributed by atoms with Crippen LogP contribution in [0.2, 0.25) is 0 Å². The molecule has 0 aromatic rings. The van der Waals surface area contributed by atoms with Gasteiger partial charge in [0.1, 0.15) is 0 Å². The highest BCUT2D eigenvalue weighted by molar-refractivity contribution is 4.69. The first kappa shape index (κ1) is 14.4. The lowest BCUT2D eigenvalue weighted by Crippen LogP contribution is -1.93. The van der Waals surface area contributed by atoms with Crippen molar-refractivity contribution in [2.24, 2.45) is 0 Å². The van der Waals surface area contributed by atoms with Crippen molar-refractivity contribution in [2.75, 3.05) is 26.4 Å². The van der Waals surface area contributed by atoms with E-state index in [-0.39, 0.29) is 13.2 Å². The average molecular weight is 186 g/mol. The second-order valence-corrected chi connectivity index (χ2v) is 1.88. The molecule has 0 aliphatic heterocycles. The van der Waals surface area contributed by atoms with Crippen molar-refractivity contribution in [2.45, 2.75) is 12.8 Å². The van der Waals surface area contributed by atoms with Gasteiger partial charge in [-0.1, -0.05) is 0 Å². The van der Waals surface area contributed by atoms with Crippen molar-refractivity contribution in [1.82, 2.24) is 0 Å². The third-order valence-corrected chi connectivity index (χ3v) is 0.816. The molecule has 0 aliphatic rings. The van der Waals surface area contributed by atoms with Crippen LogP contribution in [-0.4, -0.2) is 36.6 Å². The highest BCUT2D eigenvalue weighted by Crippen LogP contribution is 1.82. The second-order valence-electron chi connectivity index (χ2n) is 1.88. The molecule has 0 spiro atoms. The van der Waals surface area contributed by atoms with E-state index < -0.39 is 0 Å². The number of hydrogen-bond donors (Lipinski definition) is 2. The van der Waals surface area contributed by atoms with E-state index in [1.165, 1.54) is 0 Å². The Labute approximate surface area is 77.8 Å². The summed E-state index contributed by atoms with van der Waals surface area (Å²) in [7, 11) is 0. The molecule has 0 atom stereocenters. The van der Waals surface area contributed by atoms with Crippen LogP contribution in [-0.2, 0) is 4.74 Å². The van der Waals surface area contributed by atoms with Gasteiger partial charge in [0.25, 0.3) is 0 Å². The van der Waals surface area contributed by atoms with Crippen LogP contribution in [0.25, 0.3) is 0 Å². The average Bonchev–Trinajstić information content (AvgIpc) is 2.18. The first-order valence-electron chi connectivity index (χ1n) is 3.86. The Bertz CT molecular complexity index is 142. The molecule has 0 saturated carbocycles. The summed E-state index contributed by atoms with van der Waals surface area (Å²) in [6.07, 6.45) is 0.816. The summed E-state index contributed by atoms with van der Waals surface area (Å²) >= 11 is 0. The number of nitrogens with zero attached hydrogens (tertiary/aromatic N) is 2. The van der Waals surface area contributed by atoms with Crippen LogP contribution < -0.4 is 0 Å². The lowest BCUT2D eigenvalue weighted by Gasteiger charge is -1.93. The Morgan fingerprint density at radius 3 is 1.54 bits per heavy atom. The molecular weight excluding hydrogens is 172 g/mol. The molecule has 0 bridgehead atoms. The van der Waals surface area contributed by atoms with Gasteiger partial charge in [0.15, 0.2) is 0 Å². The largest absolute Gasteiger partial charge is 0.394 e. The van der Waals surface area contributed by atoms with Crippen LogP contribution in [0.1, 0.15) is 12.8 Å². The Hall–Kier alpha value is -1.14. The minimum absolute atomic E-state index is 0.125. The summed E-state index contributed by atoms with van der Waals surface area (Å²) in [5.41, 5.74) is 0. The maximum Gasteiger partial charge on any atom is 0.0662 e. The van der Waals surface area contributed by atoms with Gasteiger partial charge in [0, 0.05) is 0 Å². The van der Waals surface area contributed by atoms with Gasteiger partial charge < -0.3 is 14.9 Å². The molecule has 74 valence electrons. The number of hydrogen-bond acceptors (Lipinski definition) is 5. The second kappa shape index (κ2) is 17.1. The van der Waals surface area contributed by atoms with E-state index in [9.17, 15) is 0 Å². The number of nitriles is 2. The van der Waals surface area contributed by atoms with Crippen molar-refractivity contribution in [3.8, 4) is 12.1 Å². The first-order valence-corrected chi connectivity index (χ1v) is 3.86. The molecule has 0 radical (unpaired) electrons. The van der Waals surface area contributed by atoms with E-state index in [0.29, 0.717) is 26.1 Å². The van der Waals surface area contributed by atoms with Crippen LogP contribution in [0.3, 0.4) is 0 Å². The summed E-state index contributed by atoms with van der Waals surface area (Å²) in [6.45, 7) is 0.635. The number of aliphatic hydroxyl groups is 2. The Balaban J connectivity index is 0. The van der Waals surface area contributed by atoms with E-state index in [2.05, 4.69) is 0 Å². The molecule has 0 amide bonds. The van der Waals surface area contributed by atoms with E-state index in [1.54, 1.807) is 0 Å². The van der Waals surface area contributed by atoms with Gasteiger partial charge in [-0.25, -0.2) is 0 Å². The van der Waals surface area contributed by atoms with Gasteiger partial charge in [-0.05, 0) is 0 Å². The number of aliphatic hydroxyl groups excluding tert-OH is 2. The lowest BCUT2D eigenvalue weighted by atomic mass is 10.5. The van der Waals surface area contributed by atoms with E-state index >= 15 is 0 Å². The molecule has 0 saturated heterocycles. The van der Waals surface area contributed by atoms with Gasteiger partial charge in [0.05, 0.1) is 51.4 Å². The monoisotopic (exact) mass is 186 g/mol. The fourth-order valence-electron chi connectivity index (χ4n) is 0.338. The molecule has 5 heteroatoms. The van der Waals surface area contributed by atoms with Gasteiger partial charge in [-0.15, -0.1) is 0 Å². The smallest absolute Gasteiger partial charge is 0.0662 e. The molecular formula is C8H14N2O3. The van der Waals surface area contributed by atoms with E-state index in [4.69, 9.17) is 25.5 Å². The summed E-state index contributed by atoms with van der Waals surface area (Å²) in [5, 5.41) is 31.3. The normalized spacial score (nSPS) is 7.69. The number of ether oxygens (including phenoxy) is 1. The molecule has 5 nitrogen and oxygen atoms in total. The van der Waals surface area contributed by atoms with Gasteiger partial charge in [0.2, 0.25) is 0 Å². The molecule has 0 aromatic heterocycles. The predicted octanol–water partition coefficient (Wildman–Crippen LogP) is -0.199. The molecule has 0 aromatic carbocycles. The molecule has 0 aliphatic carbocycles. The lowest BCUT2D eigenvalue weighted by molar-refractivity contribution is 0.145. The van der Waals surface area contributed by atoms with Crippen LogP contribution in [0.5, 0.6) is 0 Å². The fourth-order valence-corrected chi connectivity index (χ4v) is 0.338. The van der Waals surface area contributed by atoms with Crippen molar-refractivity contribution < 1.29 is 14.9 Å².